The van der Waals surface area contributed by atoms with Crippen LogP contribution < -0.4 is 21.5 Å². The zero-order valence-corrected chi connectivity index (χ0v) is 14.9. The second-order valence-corrected chi connectivity index (χ2v) is 7.03. The molecule has 0 aliphatic carbocycles. The fourth-order valence-electron chi connectivity index (χ4n) is 2.37. The molecule has 0 radical (unpaired) electrons. The molecule has 2 aromatic rings. The van der Waals surface area contributed by atoms with Gasteiger partial charge in [-0.15, -0.1) is 11.8 Å². The number of aryl methyl sites for hydroxylation is 1. The third kappa shape index (κ3) is 4.54. The molecule has 0 spiro atoms. The summed E-state index contributed by atoms with van der Waals surface area (Å²) in [6, 6.07) is 14.1. The van der Waals surface area contributed by atoms with Crippen molar-refractivity contribution in [2.45, 2.75) is 23.5 Å². The van der Waals surface area contributed by atoms with Crippen LogP contribution in [0.3, 0.4) is 0 Å². The SMILES string of the molecule is Cc1ccc(NC(=O)NNC(=O)CC2Sc3ccccc3NC2=O)cc1. The van der Waals surface area contributed by atoms with Crippen LogP contribution in [0.4, 0.5) is 16.2 Å². The first kappa shape index (κ1) is 17.8. The van der Waals surface area contributed by atoms with Crippen LogP contribution in [0.5, 0.6) is 0 Å². The molecule has 4 N–H and O–H groups in total. The lowest BCUT2D eigenvalue weighted by atomic mass is 10.2. The number of hydrogen-bond acceptors (Lipinski definition) is 4. The average molecular weight is 370 g/mol. The molecule has 26 heavy (non-hydrogen) atoms. The van der Waals surface area contributed by atoms with E-state index in [4.69, 9.17) is 0 Å². The highest BCUT2D eigenvalue weighted by atomic mass is 32.2. The number of thioether (sulfide) groups is 1. The normalized spacial score (nSPS) is 15.4. The maximum absolute atomic E-state index is 12.1. The standard InChI is InChI=1S/C18H18N4O3S/c1-11-6-8-12(9-7-11)19-18(25)22-21-16(23)10-15-17(24)20-13-4-2-3-5-14(13)26-15/h2-9,15H,10H2,1H3,(H,20,24)(H,21,23)(H2,19,22,25). The Morgan fingerprint density at radius 3 is 2.58 bits per heavy atom. The molecule has 0 saturated heterocycles. The van der Waals surface area contributed by atoms with E-state index in [1.165, 1.54) is 11.8 Å². The van der Waals surface area contributed by atoms with Crippen molar-refractivity contribution < 1.29 is 14.4 Å². The zero-order chi connectivity index (χ0) is 18.5. The van der Waals surface area contributed by atoms with Gasteiger partial charge in [0, 0.05) is 17.0 Å². The van der Waals surface area contributed by atoms with Gasteiger partial charge in [0.1, 0.15) is 0 Å². The number of nitrogens with one attached hydrogen (secondary N) is 4. The Morgan fingerprint density at radius 1 is 1.08 bits per heavy atom. The number of hydrazine groups is 1. The monoisotopic (exact) mass is 370 g/mol. The molecule has 2 aromatic carbocycles. The van der Waals surface area contributed by atoms with Crippen molar-refractivity contribution in [2.24, 2.45) is 0 Å². The molecular weight excluding hydrogens is 352 g/mol. The summed E-state index contributed by atoms with van der Waals surface area (Å²) < 4.78 is 0. The number of hydrogen-bond donors (Lipinski definition) is 4. The lowest BCUT2D eigenvalue weighted by Crippen LogP contribution is -2.45. The van der Waals surface area contributed by atoms with Gasteiger partial charge in [0.05, 0.1) is 10.9 Å². The van der Waals surface area contributed by atoms with Gasteiger partial charge in [-0.1, -0.05) is 29.8 Å². The zero-order valence-electron chi connectivity index (χ0n) is 14.0. The van der Waals surface area contributed by atoms with Crippen molar-refractivity contribution in [3.63, 3.8) is 0 Å². The number of carbonyl (C=O) groups excluding carboxylic acids is 3. The molecule has 134 valence electrons. The van der Waals surface area contributed by atoms with Gasteiger partial charge in [-0.3, -0.25) is 15.0 Å². The van der Waals surface area contributed by atoms with Crippen molar-refractivity contribution in [2.75, 3.05) is 10.6 Å². The molecule has 0 bridgehead atoms. The molecule has 7 nitrogen and oxygen atoms in total. The molecule has 1 heterocycles. The molecule has 0 aromatic heterocycles. The fourth-order valence-corrected chi connectivity index (χ4v) is 3.48. The van der Waals surface area contributed by atoms with Gasteiger partial charge < -0.3 is 10.6 Å². The molecular formula is C18H18N4O3S. The summed E-state index contributed by atoms with van der Waals surface area (Å²) in [5.74, 6) is -0.677. The Balaban J connectivity index is 1.47. The second kappa shape index (κ2) is 7.92. The molecule has 8 heteroatoms. The van der Waals surface area contributed by atoms with Crippen LogP contribution >= 0.6 is 11.8 Å². The van der Waals surface area contributed by atoms with Gasteiger partial charge in [0.2, 0.25) is 11.8 Å². The van der Waals surface area contributed by atoms with Crippen LogP contribution in [0.15, 0.2) is 53.4 Å². The van der Waals surface area contributed by atoms with Gasteiger partial charge >= 0.3 is 6.03 Å². The largest absolute Gasteiger partial charge is 0.337 e. The highest BCUT2D eigenvalue weighted by Gasteiger charge is 2.28. The minimum Gasteiger partial charge on any atom is -0.324 e. The van der Waals surface area contributed by atoms with E-state index in [2.05, 4.69) is 21.5 Å². The van der Waals surface area contributed by atoms with Crippen LogP contribution in [-0.4, -0.2) is 23.1 Å². The minimum absolute atomic E-state index is 0.0460. The number of rotatable bonds is 3. The highest BCUT2D eigenvalue weighted by molar-refractivity contribution is 8.01. The Labute approximate surface area is 154 Å². The number of amides is 4. The highest BCUT2D eigenvalue weighted by Crippen LogP contribution is 2.36. The lowest BCUT2D eigenvalue weighted by molar-refractivity contribution is -0.124. The molecule has 0 fully saturated rings. The van der Waals surface area contributed by atoms with Gasteiger partial charge in [0.15, 0.2) is 0 Å². The van der Waals surface area contributed by atoms with Crippen molar-refractivity contribution in [3.8, 4) is 0 Å². The predicted octanol–water partition coefficient (Wildman–Crippen LogP) is 2.65. The van der Waals surface area contributed by atoms with Gasteiger partial charge in [-0.25, -0.2) is 10.2 Å². The average Bonchev–Trinajstić information content (AvgIpc) is 2.62. The molecule has 1 aliphatic heterocycles. The van der Waals surface area contributed by atoms with E-state index < -0.39 is 17.2 Å². The van der Waals surface area contributed by atoms with Gasteiger partial charge in [-0.2, -0.15) is 0 Å². The number of carbonyl (C=O) groups is 3. The van der Waals surface area contributed by atoms with Crippen LogP contribution in [0.25, 0.3) is 0 Å². The predicted molar refractivity (Wildman–Crippen MR) is 101 cm³/mol. The smallest absolute Gasteiger partial charge is 0.324 e. The number of anilines is 2. The first-order valence-electron chi connectivity index (χ1n) is 8.00. The van der Waals surface area contributed by atoms with Crippen LogP contribution in [0.2, 0.25) is 0 Å². The van der Waals surface area contributed by atoms with E-state index in [9.17, 15) is 14.4 Å². The van der Waals surface area contributed by atoms with Crippen molar-refractivity contribution in [3.05, 3.63) is 54.1 Å². The summed E-state index contributed by atoms with van der Waals surface area (Å²) in [5, 5.41) is 4.83. The Kier molecular flexibility index (Phi) is 5.43. The first-order valence-corrected chi connectivity index (χ1v) is 8.88. The Hall–Kier alpha value is -3.00. The van der Waals surface area contributed by atoms with Crippen LogP contribution in [-0.2, 0) is 9.59 Å². The third-order valence-corrected chi connectivity index (χ3v) is 4.98. The molecule has 1 atom stereocenters. The Bertz CT molecular complexity index is 839. The van der Waals surface area contributed by atoms with Crippen LogP contribution in [0, 0.1) is 6.92 Å². The minimum atomic E-state index is -0.562. The molecule has 1 aliphatic rings. The summed E-state index contributed by atoms with van der Waals surface area (Å²) in [7, 11) is 0. The summed E-state index contributed by atoms with van der Waals surface area (Å²) in [6.07, 6.45) is -0.0460. The lowest BCUT2D eigenvalue weighted by Gasteiger charge is -2.23. The van der Waals surface area contributed by atoms with E-state index in [0.717, 1.165) is 16.1 Å². The van der Waals surface area contributed by atoms with E-state index in [1.54, 1.807) is 12.1 Å². The van der Waals surface area contributed by atoms with Crippen molar-refractivity contribution in [1.82, 2.24) is 10.9 Å². The van der Waals surface area contributed by atoms with Crippen molar-refractivity contribution >= 4 is 41.0 Å². The fraction of sp³-hybridized carbons (Fsp3) is 0.167. The molecule has 4 amide bonds. The number of para-hydroxylation sites is 1. The quantitative estimate of drug-likeness (QED) is 0.624. The third-order valence-electron chi connectivity index (χ3n) is 3.70. The molecule has 0 saturated carbocycles. The summed E-state index contributed by atoms with van der Waals surface area (Å²) in [5.41, 5.74) is 7.03. The van der Waals surface area contributed by atoms with E-state index in [0.29, 0.717) is 5.69 Å². The summed E-state index contributed by atoms with van der Waals surface area (Å²) >= 11 is 1.33. The second-order valence-electron chi connectivity index (χ2n) is 5.79. The first-order chi connectivity index (χ1) is 12.5. The Morgan fingerprint density at radius 2 is 1.81 bits per heavy atom. The van der Waals surface area contributed by atoms with Crippen LogP contribution in [0.1, 0.15) is 12.0 Å². The van der Waals surface area contributed by atoms with Gasteiger partial charge in [0.25, 0.3) is 0 Å². The molecule has 3 rings (SSSR count). The maximum atomic E-state index is 12.1. The van der Waals surface area contributed by atoms with Gasteiger partial charge in [-0.05, 0) is 31.2 Å². The number of urea groups is 1. The van der Waals surface area contributed by atoms with E-state index >= 15 is 0 Å². The topological polar surface area (TPSA) is 99.3 Å². The van der Waals surface area contributed by atoms with E-state index in [1.807, 2.05) is 43.3 Å². The maximum Gasteiger partial charge on any atom is 0.337 e. The molecule has 1 unspecified atom stereocenters. The summed E-state index contributed by atoms with van der Waals surface area (Å²) in [4.78, 5) is 36.8. The number of fused-ring (bicyclic) bond motifs is 1. The number of benzene rings is 2. The van der Waals surface area contributed by atoms with E-state index in [-0.39, 0.29) is 12.3 Å². The van der Waals surface area contributed by atoms with Crippen molar-refractivity contribution in [1.29, 1.82) is 0 Å². The summed E-state index contributed by atoms with van der Waals surface area (Å²) in [6.45, 7) is 1.95.